The number of aromatic nitrogens is 4. The fourth-order valence-electron chi connectivity index (χ4n) is 3.79. The summed E-state index contributed by atoms with van der Waals surface area (Å²) < 4.78 is 18.3. The summed E-state index contributed by atoms with van der Waals surface area (Å²) >= 11 is 6.16. The summed E-state index contributed by atoms with van der Waals surface area (Å²) in [6.45, 7) is 3.22. The lowest BCUT2D eigenvalue weighted by Gasteiger charge is -2.33. The Kier molecular flexibility index (Phi) is 6.03. The maximum atomic E-state index is 11.1. The van der Waals surface area contributed by atoms with E-state index in [0.717, 1.165) is 26.2 Å². The molecular formula is C16H24ClN6O6P. The van der Waals surface area contributed by atoms with Crippen molar-refractivity contribution < 1.29 is 29.3 Å². The maximum Gasteiger partial charge on any atom is 0.325 e. The third-order valence-electron chi connectivity index (χ3n) is 5.49. The molecule has 0 aliphatic carbocycles. The van der Waals surface area contributed by atoms with Crippen molar-refractivity contribution in [3.8, 4) is 0 Å². The van der Waals surface area contributed by atoms with Crippen LogP contribution in [-0.4, -0.2) is 102 Å². The monoisotopic (exact) mass is 462 g/mol. The van der Waals surface area contributed by atoms with E-state index in [4.69, 9.17) is 26.1 Å². The van der Waals surface area contributed by atoms with Gasteiger partial charge in [-0.25, -0.2) is 4.98 Å². The number of halogens is 1. The molecule has 2 aromatic rings. The van der Waals surface area contributed by atoms with Gasteiger partial charge in [-0.05, 0) is 25.1 Å². The van der Waals surface area contributed by atoms with Crippen LogP contribution in [0.5, 0.6) is 0 Å². The third-order valence-corrected chi connectivity index (χ3v) is 6.50. The van der Waals surface area contributed by atoms with Crippen molar-refractivity contribution in [2.75, 3.05) is 44.3 Å². The molecule has 4 rings (SSSR count). The van der Waals surface area contributed by atoms with Crippen LogP contribution >= 0.6 is 19.2 Å². The van der Waals surface area contributed by atoms with E-state index in [2.05, 4.69) is 24.8 Å². The van der Waals surface area contributed by atoms with Crippen molar-refractivity contribution >= 4 is 36.2 Å². The predicted molar refractivity (Wildman–Crippen MR) is 107 cm³/mol. The molecule has 2 aromatic heterocycles. The lowest BCUT2D eigenvalue weighted by molar-refractivity contribution is -0.0355. The molecule has 166 valence electrons. The molecule has 0 aromatic carbocycles. The zero-order valence-corrected chi connectivity index (χ0v) is 17.9. The molecule has 4 atom stereocenters. The van der Waals surface area contributed by atoms with Gasteiger partial charge in [0.2, 0.25) is 5.28 Å². The summed E-state index contributed by atoms with van der Waals surface area (Å²) in [6.07, 6.45) is -3.74. The predicted octanol–water partition coefficient (Wildman–Crippen LogP) is -0.582. The van der Waals surface area contributed by atoms with Gasteiger partial charge in [0, 0.05) is 26.2 Å². The Morgan fingerprint density at radius 2 is 1.90 bits per heavy atom. The molecule has 0 bridgehead atoms. The van der Waals surface area contributed by atoms with Gasteiger partial charge in [0.25, 0.3) is 0 Å². The van der Waals surface area contributed by atoms with Crippen molar-refractivity contribution in [1.82, 2.24) is 24.4 Å². The highest BCUT2D eigenvalue weighted by Gasteiger charge is 2.44. The average Bonchev–Trinajstić information content (AvgIpc) is 3.21. The van der Waals surface area contributed by atoms with Crippen LogP contribution in [-0.2, 0) is 9.30 Å². The SMILES string of the molecule is CN1CCN(c2nc(Cl)nc3c2ncn3[C@@H]2O[C@H](CCP(=O)(O)O)C(O)C2O)CC1. The van der Waals surface area contributed by atoms with Crippen LogP contribution in [0.1, 0.15) is 12.6 Å². The fourth-order valence-corrected chi connectivity index (χ4v) is 4.54. The Morgan fingerprint density at radius 1 is 1.20 bits per heavy atom. The quantitative estimate of drug-likeness (QED) is 0.332. The Labute approximate surface area is 177 Å². The molecular weight excluding hydrogens is 439 g/mol. The molecule has 2 aliphatic heterocycles. The minimum absolute atomic E-state index is 0.0178. The number of piperazine rings is 1. The van der Waals surface area contributed by atoms with E-state index in [0.29, 0.717) is 17.0 Å². The summed E-state index contributed by atoms with van der Waals surface area (Å²) in [5.41, 5.74) is 0.837. The van der Waals surface area contributed by atoms with Gasteiger partial charge in [0.15, 0.2) is 23.2 Å². The van der Waals surface area contributed by atoms with Gasteiger partial charge in [0.05, 0.1) is 18.6 Å². The first-order chi connectivity index (χ1) is 14.1. The minimum atomic E-state index is -4.26. The summed E-state index contributed by atoms with van der Waals surface area (Å²) in [5, 5.41) is 20.8. The van der Waals surface area contributed by atoms with Crippen molar-refractivity contribution in [3.05, 3.63) is 11.6 Å². The second kappa shape index (κ2) is 8.29. The second-order valence-electron chi connectivity index (χ2n) is 7.65. The second-order valence-corrected chi connectivity index (χ2v) is 9.77. The Balaban J connectivity index is 1.63. The van der Waals surface area contributed by atoms with E-state index in [1.807, 2.05) is 7.05 Å². The molecule has 30 heavy (non-hydrogen) atoms. The van der Waals surface area contributed by atoms with Gasteiger partial charge in [0.1, 0.15) is 12.2 Å². The number of ether oxygens (including phenoxy) is 1. The summed E-state index contributed by atoms with van der Waals surface area (Å²) in [7, 11) is -2.21. The number of fused-ring (bicyclic) bond motifs is 1. The van der Waals surface area contributed by atoms with E-state index in [1.54, 1.807) is 0 Å². The van der Waals surface area contributed by atoms with Crippen LogP contribution in [0.15, 0.2) is 6.33 Å². The molecule has 2 fully saturated rings. The van der Waals surface area contributed by atoms with Crippen LogP contribution in [0.25, 0.3) is 11.2 Å². The number of anilines is 1. The molecule has 0 radical (unpaired) electrons. The number of nitrogens with zero attached hydrogens (tertiary/aromatic N) is 6. The number of hydrogen-bond donors (Lipinski definition) is 4. The van der Waals surface area contributed by atoms with Gasteiger partial charge < -0.3 is 34.5 Å². The van der Waals surface area contributed by atoms with Crippen LogP contribution in [0, 0.1) is 0 Å². The number of likely N-dealkylation sites (N-methyl/N-ethyl adjacent to an activating group) is 1. The lowest BCUT2D eigenvalue weighted by Crippen LogP contribution is -2.45. The number of aliphatic hydroxyl groups is 2. The van der Waals surface area contributed by atoms with Crippen molar-refractivity contribution in [2.45, 2.75) is 31.0 Å². The number of imidazole rings is 1. The molecule has 2 saturated heterocycles. The summed E-state index contributed by atoms with van der Waals surface area (Å²) in [6, 6.07) is 0. The normalized spacial score (nSPS) is 28.5. The van der Waals surface area contributed by atoms with Crippen molar-refractivity contribution in [2.24, 2.45) is 0 Å². The minimum Gasteiger partial charge on any atom is -0.388 e. The third kappa shape index (κ3) is 4.32. The lowest BCUT2D eigenvalue weighted by atomic mass is 10.1. The molecule has 2 aliphatic rings. The Bertz CT molecular complexity index is 963. The molecule has 0 spiro atoms. The average molecular weight is 463 g/mol. The molecule has 0 saturated carbocycles. The molecule has 12 nitrogen and oxygen atoms in total. The van der Waals surface area contributed by atoms with Gasteiger partial charge in [-0.15, -0.1) is 0 Å². The van der Waals surface area contributed by atoms with Gasteiger partial charge in [-0.1, -0.05) is 0 Å². The van der Waals surface area contributed by atoms with E-state index >= 15 is 0 Å². The van der Waals surface area contributed by atoms with Crippen LogP contribution in [0.2, 0.25) is 5.28 Å². The first-order valence-corrected chi connectivity index (χ1v) is 11.7. The van der Waals surface area contributed by atoms with Crippen molar-refractivity contribution in [3.63, 3.8) is 0 Å². The van der Waals surface area contributed by atoms with Crippen LogP contribution in [0.3, 0.4) is 0 Å². The molecule has 0 amide bonds. The topological polar surface area (TPSA) is 157 Å². The van der Waals surface area contributed by atoms with Crippen LogP contribution < -0.4 is 4.90 Å². The van der Waals surface area contributed by atoms with Crippen molar-refractivity contribution in [1.29, 1.82) is 0 Å². The van der Waals surface area contributed by atoms with E-state index in [1.165, 1.54) is 10.9 Å². The van der Waals surface area contributed by atoms with E-state index in [-0.39, 0.29) is 11.7 Å². The number of hydrogen-bond acceptors (Lipinski definition) is 9. The van der Waals surface area contributed by atoms with Gasteiger partial charge in [-0.2, -0.15) is 9.97 Å². The Hall–Kier alpha value is -1.37. The zero-order chi connectivity index (χ0) is 21.6. The molecule has 2 unspecified atom stereocenters. The van der Waals surface area contributed by atoms with E-state index < -0.39 is 38.3 Å². The largest absolute Gasteiger partial charge is 0.388 e. The number of aliphatic hydroxyl groups excluding tert-OH is 2. The fraction of sp³-hybridized carbons (Fsp3) is 0.688. The number of rotatable bonds is 5. The zero-order valence-electron chi connectivity index (χ0n) is 16.2. The van der Waals surface area contributed by atoms with Gasteiger partial charge in [-0.3, -0.25) is 9.13 Å². The highest BCUT2D eigenvalue weighted by Crippen LogP contribution is 2.40. The highest BCUT2D eigenvalue weighted by molar-refractivity contribution is 7.51. The summed E-state index contributed by atoms with van der Waals surface area (Å²) in [4.78, 5) is 35.4. The Morgan fingerprint density at radius 3 is 2.57 bits per heavy atom. The summed E-state index contributed by atoms with van der Waals surface area (Å²) in [5.74, 6) is 0.586. The first-order valence-electron chi connectivity index (χ1n) is 9.54. The first kappa shape index (κ1) is 21.8. The van der Waals surface area contributed by atoms with E-state index in [9.17, 15) is 14.8 Å². The maximum absolute atomic E-state index is 11.1. The standard InChI is InChI=1S/C16H24ClN6O6P/c1-21-3-5-22(6-4-21)13-10-14(20-16(17)19-13)23(8-18-10)15-12(25)11(24)9(29-15)2-7-30(26,27)28/h8-9,11-12,15,24-25H,2-7H2,1H3,(H2,26,27,28)/t9-,11?,12?,15-/m1/s1. The molecule has 4 N–H and O–H groups in total. The molecule has 14 heteroatoms. The highest BCUT2D eigenvalue weighted by atomic mass is 35.5. The van der Waals surface area contributed by atoms with Gasteiger partial charge >= 0.3 is 7.60 Å². The van der Waals surface area contributed by atoms with Crippen LogP contribution in [0.4, 0.5) is 5.82 Å². The molecule has 4 heterocycles. The smallest absolute Gasteiger partial charge is 0.325 e.